The molecule has 0 amide bonds. The molecule has 15 heavy (non-hydrogen) atoms. The van der Waals surface area contributed by atoms with Crippen molar-refractivity contribution >= 4 is 17.4 Å². The Balaban J connectivity index is 2.14. The van der Waals surface area contributed by atoms with Crippen LogP contribution in [0, 0.1) is 0 Å². The lowest BCUT2D eigenvalue weighted by molar-refractivity contribution is 0.295. The van der Waals surface area contributed by atoms with Crippen LogP contribution in [0.5, 0.6) is 0 Å². The van der Waals surface area contributed by atoms with Crippen molar-refractivity contribution in [3.63, 3.8) is 0 Å². The van der Waals surface area contributed by atoms with Crippen molar-refractivity contribution in [2.45, 2.75) is 44.1 Å². The van der Waals surface area contributed by atoms with Gasteiger partial charge in [-0.2, -0.15) is 4.99 Å². The highest BCUT2D eigenvalue weighted by Crippen LogP contribution is 2.34. The molecule has 1 fully saturated rings. The average molecular weight is 222 g/mol. The van der Waals surface area contributed by atoms with Gasteiger partial charge in [0, 0.05) is 18.0 Å². The van der Waals surface area contributed by atoms with Crippen LogP contribution in [0.25, 0.3) is 0 Å². The van der Waals surface area contributed by atoms with Crippen LogP contribution in [-0.4, -0.2) is 16.6 Å². The molecule has 0 radical (unpaired) electrons. The van der Waals surface area contributed by atoms with Crippen LogP contribution in [0.4, 0.5) is 0 Å². The fraction of sp³-hybridized carbons (Fsp3) is 0.636. The number of hydrogen-bond donors (Lipinski definition) is 0. The Morgan fingerprint density at radius 1 is 1.47 bits per heavy atom. The average Bonchev–Trinajstić information content (AvgIpc) is 2.72. The van der Waals surface area contributed by atoms with E-state index in [2.05, 4.69) is 9.98 Å². The number of rotatable bonds is 3. The number of isocyanates is 1. The summed E-state index contributed by atoms with van der Waals surface area (Å²) in [6, 6.07) is 0. The fourth-order valence-corrected chi connectivity index (χ4v) is 3.01. The van der Waals surface area contributed by atoms with E-state index in [1.165, 1.54) is 6.42 Å². The first-order chi connectivity index (χ1) is 7.35. The van der Waals surface area contributed by atoms with E-state index in [-0.39, 0.29) is 5.54 Å². The summed E-state index contributed by atoms with van der Waals surface area (Å²) in [6.45, 7) is 0. The molecule has 1 heterocycles. The summed E-state index contributed by atoms with van der Waals surface area (Å²) in [5.41, 5.74) is -0.197. The fourth-order valence-electron chi connectivity index (χ4n) is 2.26. The number of aromatic nitrogens is 1. The van der Waals surface area contributed by atoms with Crippen LogP contribution < -0.4 is 0 Å². The molecule has 80 valence electrons. The molecule has 3 nitrogen and oxygen atoms in total. The molecular weight excluding hydrogens is 208 g/mol. The minimum Gasteiger partial charge on any atom is -0.250 e. The van der Waals surface area contributed by atoms with Crippen molar-refractivity contribution in [3.05, 3.63) is 16.6 Å². The van der Waals surface area contributed by atoms with Gasteiger partial charge in [0.05, 0.1) is 10.5 Å². The number of thiazole rings is 1. The lowest BCUT2D eigenvalue weighted by atomic mass is 9.80. The van der Waals surface area contributed by atoms with Gasteiger partial charge in [-0.05, 0) is 12.8 Å². The summed E-state index contributed by atoms with van der Waals surface area (Å²) in [6.07, 6.45) is 9.94. The van der Waals surface area contributed by atoms with Crippen LogP contribution in [0.3, 0.4) is 0 Å². The summed E-state index contributed by atoms with van der Waals surface area (Å²) in [5, 5.41) is 3.05. The topological polar surface area (TPSA) is 42.3 Å². The minimum atomic E-state index is -0.197. The molecule has 0 N–H and O–H groups in total. The minimum absolute atomic E-state index is 0.197. The molecule has 0 aromatic carbocycles. The molecular formula is C11H14N2OS. The van der Waals surface area contributed by atoms with Crippen LogP contribution in [0.2, 0.25) is 0 Å². The molecule has 0 aliphatic heterocycles. The molecule has 0 spiro atoms. The molecule has 0 bridgehead atoms. The van der Waals surface area contributed by atoms with Gasteiger partial charge in [0.15, 0.2) is 0 Å². The van der Waals surface area contributed by atoms with Crippen LogP contribution in [0.15, 0.2) is 16.6 Å². The van der Waals surface area contributed by atoms with Crippen molar-refractivity contribution < 1.29 is 4.79 Å². The van der Waals surface area contributed by atoms with Gasteiger partial charge < -0.3 is 0 Å². The third kappa shape index (κ3) is 2.52. The Bertz CT molecular complexity index is 349. The Morgan fingerprint density at radius 3 is 2.87 bits per heavy atom. The van der Waals surface area contributed by atoms with E-state index in [9.17, 15) is 4.79 Å². The van der Waals surface area contributed by atoms with E-state index >= 15 is 0 Å². The van der Waals surface area contributed by atoms with Crippen molar-refractivity contribution in [1.82, 2.24) is 4.98 Å². The van der Waals surface area contributed by atoms with Crippen molar-refractivity contribution in [2.24, 2.45) is 4.99 Å². The molecule has 1 aromatic heterocycles. The standard InChI is InChI=1S/C11H14N2OS/c14-9-13-11(4-2-1-3-5-11)8-10-12-6-7-15-10/h6-7H,1-5,8H2. The maximum Gasteiger partial charge on any atom is 0.235 e. The first-order valence-electron chi connectivity index (χ1n) is 5.32. The van der Waals surface area contributed by atoms with Gasteiger partial charge in [-0.15, -0.1) is 11.3 Å². The number of nitrogens with zero attached hydrogens (tertiary/aromatic N) is 2. The van der Waals surface area contributed by atoms with Gasteiger partial charge >= 0.3 is 0 Å². The van der Waals surface area contributed by atoms with Crippen LogP contribution >= 0.6 is 11.3 Å². The lowest BCUT2D eigenvalue weighted by Gasteiger charge is -2.31. The third-order valence-corrected chi connectivity index (χ3v) is 3.81. The number of carbonyl (C=O) groups excluding carboxylic acids is 1. The van der Waals surface area contributed by atoms with Gasteiger partial charge in [0.1, 0.15) is 0 Å². The largest absolute Gasteiger partial charge is 0.250 e. The monoisotopic (exact) mass is 222 g/mol. The number of aliphatic imine (C=N–C) groups is 1. The van der Waals surface area contributed by atoms with E-state index in [1.807, 2.05) is 5.38 Å². The molecule has 4 heteroatoms. The molecule has 1 aliphatic carbocycles. The third-order valence-electron chi connectivity index (χ3n) is 3.03. The summed E-state index contributed by atoms with van der Waals surface area (Å²) < 4.78 is 0. The first-order valence-corrected chi connectivity index (χ1v) is 6.20. The zero-order valence-corrected chi connectivity index (χ0v) is 9.42. The maximum atomic E-state index is 10.5. The van der Waals surface area contributed by atoms with Gasteiger partial charge in [-0.25, -0.2) is 9.78 Å². The Hall–Kier alpha value is -0.990. The van der Waals surface area contributed by atoms with Gasteiger partial charge in [0.2, 0.25) is 6.08 Å². The van der Waals surface area contributed by atoms with E-state index in [0.717, 1.165) is 37.1 Å². The molecule has 0 atom stereocenters. The summed E-state index contributed by atoms with van der Waals surface area (Å²) in [7, 11) is 0. The molecule has 1 saturated carbocycles. The van der Waals surface area contributed by atoms with Crippen molar-refractivity contribution in [1.29, 1.82) is 0 Å². The van der Waals surface area contributed by atoms with Crippen molar-refractivity contribution in [3.8, 4) is 0 Å². The van der Waals surface area contributed by atoms with Crippen LogP contribution in [-0.2, 0) is 11.2 Å². The normalized spacial score (nSPS) is 19.5. The highest BCUT2D eigenvalue weighted by atomic mass is 32.1. The van der Waals surface area contributed by atoms with Gasteiger partial charge in [-0.3, -0.25) is 0 Å². The Kier molecular flexibility index (Phi) is 3.29. The van der Waals surface area contributed by atoms with E-state index in [0.29, 0.717) is 0 Å². The van der Waals surface area contributed by atoms with Gasteiger partial charge in [0.25, 0.3) is 0 Å². The Morgan fingerprint density at radius 2 is 2.27 bits per heavy atom. The van der Waals surface area contributed by atoms with Crippen LogP contribution in [0.1, 0.15) is 37.1 Å². The molecule has 0 saturated heterocycles. The summed E-state index contributed by atoms with van der Waals surface area (Å²) in [4.78, 5) is 18.8. The second-order valence-corrected chi connectivity index (χ2v) is 5.07. The predicted molar refractivity (Wildman–Crippen MR) is 59.8 cm³/mol. The quantitative estimate of drug-likeness (QED) is 0.583. The highest BCUT2D eigenvalue weighted by molar-refractivity contribution is 7.09. The van der Waals surface area contributed by atoms with Gasteiger partial charge in [-0.1, -0.05) is 19.3 Å². The zero-order valence-electron chi connectivity index (χ0n) is 8.61. The lowest BCUT2D eigenvalue weighted by Crippen LogP contribution is -2.31. The maximum absolute atomic E-state index is 10.5. The number of hydrogen-bond acceptors (Lipinski definition) is 4. The summed E-state index contributed by atoms with van der Waals surface area (Å²) in [5.74, 6) is 0. The van der Waals surface area contributed by atoms with E-state index in [4.69, 9.17) is 0 Å². The predicted octanol–water partition coefficient (Wildman–Crippen LogP) is 2.72. The van der Waals surface area contributed by atoms with E-state index < -0.39 is 0 Å². The molecule has 1 aromatic rings. The molecule has 2 rings (SSSR count). The summed E-state index contributed by atoms with van der Waals surface area (Å²) >= 11 is 1.64. The smallest absolute Gasteiger partial charge is 0.235 e. The van der Waals surface area contributed by atoms with Crippen molar-refractivity contribution in [2.75, 3.05) is 0 Å². The SMILES string of the molecule is O=C=NC1(Cc2nccs2)CCCCC1. The highest BCUT2D eigenvalue weighted by Gasteiger charge is 2.32. The Labute approximate surface area is 93.3 Å². The molecule has 1 aliphatic rings. The zero-order chi connectivity index (χ0) is 10.6. The van der Waals surface area contributed by atoms with E-state index in [1.54, 1.807) is 23.6 Å². The second-order valence-electron chi connectivity index (χ2n) is 4.09. The first kappa shape index (κ1) is 10.5. The molecule has 0 unspecified atom stereocenters. The second kappa shape index (κ2) is 4.69.